The van der Waals surface area contributed by atoms with Crippen LogP contribution in [0.3, 0.4) is 0 Å². The van der Waals surface area contributed by atoms with Gasteiger partial charge in [-0.2, -0.15) is 0 Å². The molecule has 0 saturated heterocycles. The van der Waals surface area contributed by atoms with E-state index in [2.05, 4.69) is 0 Å². The van der Waals surface area contributed by atoms with Gasteiger partial charge in [0.1, 0.15) is 0 Å². The van der Waals surface area contributed by atoms with Crippen molar-refractivity contribution in [3.63, 3.8) is 0 Å². The molecule has 1 heterocycles. The molecule has 6 nitrogen and oxygen atoms in total. The lowest BCUT2D eigenvalue weighted by atomic mass is 10.4. The molecule has 0 amide bonds. The molecule has 1 aromatic heterocycles. The van der Waals surface area contributed by atoms with E-state index in [4.69, 9.17) is 9.47 Å². The molecular weight excluding hydrogens is 248 g/mol. The summed E-state index contributed by atoms with van der Waals surface area (Å²) in [6, 6.07) is 1.42. The fourth-order valence-electron chi connectivity index (χ4n) is 1.74. The minimum absolute atomic E-state index is 0.269. The first-order valence-electron chi connectivity index (χ1n) is 6.57. The van der Waals surface area contributed by atoms with Crippen LogP contribution in [0.25, 0.3) is 0 Å². The van der Waals surface area contributed by atoms with Crippen molar-refractivity contribution in [3.05, 3.63) is 33.1 Å². The Bertz CT molecular complexity index is 478. The van der Waals surface area contributed by atoms with Crippen molar-refractivity contribution in [2.24, 2.45) is 0 Å². The quantitative estimate of drug-likeness (QED) is 0.612. The van der Waals surface area contributed by atoms with Gasteiger partial charge in [0.05, 0.1) is 13.2 Å². The number of rotatable bonds is 9. The Hall–Kier alpha value is -1.40. The van der Waals surface area contributed by atoms with Crippen LogP contribution in [0, 0.1) is 0 Å². The second-order valence-corrected chi connectivity index (χ2v) is 4.24. The SMILES string of the molecule is CCCn1ccc(=O)n(CCOCCCOC)c1=O. The zero-order chi connectivity index (χ0) is 14.1. The number of hydrogen-bond donors (Lipinski definition) is 0. The Morgan fingerprint density at radius 2 is 1.95 bits per heavy atom. The normalized spacial score (nSPS) is 10.8. The molecule has 1 rings (SSSR count). The van der Waals surface area contributed by atoms with Crippen molar-refractivity contribution in [3.8, 4) is 0 Å². The topological polar surface area (TPSA) is 62.5 Å². The predicted molar refractivity (Wildman–Crippen MR) is 72.6 cm³/mol. The Morgan fingerprint density at radius 1 is 1.16 bits per heavy atom. The van der Waals surface area contributed by atoms with Crippen molar-refractivity contribution in [2.45, 2.75) is 32.9 Å². The number of ether oxygens (including phenoxy) is 2. The zero-order valence-electron chi connectivity index (χ0n) is 11.6. The number of hydrogen-bond acceptors (Lipinski definition) is 4. The molecule has 19 heavy (non-hydrogen) atoms. The summed E-state index contributed by atoms with van der Waals surface area (Å²) in [5.74, 6) is 0. The third kappa shape index (κ3) is 5.00. The molecule has 0 fully saturated rings. The first-order valence-corrected chi connectivity index (χ1v) is 6.57. The highest BCUT2D eigenvalue weighted by Crippen LogP contribution is 1.87. The van der Waals surface area contributed by atoms with Crippen molar-refractivity contribution in [2.75, 3.05) is 26.9 Å². The summed E-state index contributed by atoms with van der Waals surface area (Å²) in [6.07, 6.45) is 3.20. The number of aromatic nitrogens is 2. The fraction of sp³-hybridized carbons (Fsp3) is 0.692. The minimum atomic E-state index is -0.280. The van der Waals surface area contributed by atoms with Crippen LogP contribution < -0.4 is 11.2 Å². The van der Waals surface area contributed by atoms with Crippen molar-refractivity contribution >= 4 is 0 Å². The van der Waals surface area contributed by atoms with E-state index in [1.807, 2.05) is 6.92 Å². The van der Waals surface area contributed by atoms with Gasteiger partial charge in [-0.3, -0.25) is 9.36 Å². The van der Waals surface area contributed by atoms with Gasteiger partial charge in [-0.05, 0) is 12.8 Å². The van der Waals surface area contributed by atoms with Gasteiger partial charge in [-0.25, -0.2) is 4.79 Å². The standard InChI is InChI=1S/C13H22N2O4/c1-3-6-14-7-5-12(16)15(13(14)17)8-11-19-10-4-9-18-2/h5,7H,3-4,6,8-11H2,1-2H3. The first kappa shape index (κ1) is 15.7. The second-order valence-electron chi connectivity index (χ2n) is 4.24. The van der Waals surface area contributed by atoms with Gasteiger partial charge in [0.15, 0.2) is 0 Å². The van der Waals surface area contributed by atoms with Crippen LogP contribution in [0.1, 0.15) is 19.8 Å². The maximum Gasteiger partial charge on any atom is 0.331 e. The summed E-state index contributed by atoms with van der Waals surface area (Å²) >= 11 is 0. The summed E-state index contributed by atoms with van der Waals surface area (Å²) in [4.78, 5) is 23.6. The Balaban J connectivity index is 2.55. The molecule has 0 aromatic carbocycles. The predicted octanol–water partition coefficient (Wildman–Crippen LogP) is 0.473. The third-order valence-corrected chi connectivity index (χ3v) is 2.70. The Morgan fingerprint density at radius 3 is 2.63 bits per heavy atom. The number of methoxy groups -OCH3 is 1. The van der Waals surface area contributed by atoms with E-state index >= 15 is 0 Å². The van der Waals surface area contributed by atoms with E-state index in [1.165, 1.54) is 10.6 Å². The van der Waals surface area contributed by atoms with E-state index in [9.17, 15) is 9.59 Å². The highest BCUT2D eigenvalue weighted by atomic mass is 16.5. The van der Waals surface area contributed by atoms with E-state index in [-0.39, 0.29) is 17.8 Å². The van der Waals surface area contributed by atoms with Crippen LogP contribution in [0.5, 0.6) is 0 Å². The maximum absolute atomic E-state index is 12.0. The molecule has 0 unspecified atom stereocenters. The summed E-state index contributed by atoms with van der Waals surface area (Å²) in [7, 11) is 1.64. The number of aryl methyl sites for hydroxylation is 1. The Kier molecular flexibility index (Phi) is 7.14. The van der Waals surface area contributed by atoms with E-state index < -0.39 is 0 Å². The molecule has 0 aliphatic heterocycles. The van der Waals surface area contributed by atoms with Crippen molar-refractivity contribution < 1.29 is 9.47 Å². The van der Waals surface area contributed by atoms with E-state index in [0.29, 0.717) is 26.4 Å². The first-order chi connectivity index (χ1) is 9.20. The lowest BCUT2D eigenvalue weighted by Gasteiger charge is -2.09. The van der Waals surface area contributed by atoms with E-state index in [1.54, 1.807) is 17.9 Å². The smallest absolute Gasteiger partial charge is 0.331 e. The number of nitrogens with zero attached hydrogens (tertiary/aromatic N) is 2. The summed E-state index contributed by atoms with van der Waals surface area (Å²) in [6.45, 7) is 4.46. The highest BCUT2D eigenvalue weighted by molar-refractivity contribution is 4.86. The summed E-state index contributed by atoms with van der Waals surface area (Å²) < 4.78 is 13.0. The second kappa shape index (κ2) is 8.66. The van der Waals surface area contributed by atoms with Gasteiger partial charge in [-0.1, -0.05) is 6.92 Å². The largest absolute Gasteiger partial charge is 0.385 e. The summed E-state index contributed by atoms with van der Waals surface area (Å²) in [5.41, 5.74) is -0.548. The molecule has 0 atom stereocenters. The van der Waals surface area contributed by atoms with Crippen LogP contribution in [-0.2, 0) is 22.6 Å². The Labute approximate surface area is 112 Å². The molecule has 0 aliphatic rings. The zero-order valence-corrected chi connectivity index (χ0v) is 11.6. The van der Waals surface area contributed by atoms with Gasteiger partial charge in [0, 0.05) is 39.1 Å². The van der Waals surface area contributed by atoms with Crippen molar-refractivity contribution in [1.29, 1.82) is 0 Å². The minimum Gasteiger partial charge on any atom is -0.385 e. The molecule has 0 saturated carbocycles. The molecule has 108 valence electrons. The van der Waals surface area contributed by atoms with Crippen LogP contribution in [-0.4, -0.2) is 36.1 Å². The van der Waals surface area contributed by atoms with Gasteiger partial charge >= 0.3 is 5.69 Å². The average molecular weight is 270 g/mol. The van der Waals surface area contributed by atoms with Gasteiger partial charge in [0.25, 0.3) is 5.56 Å². The lowest BCUT2D eigenvalue weighted by Crippen LogP contribution is -2.39. The third-order valence-electron chi connectivity index (χ3n) is 2.70. The van der Waals surface area contributed by atoms with Gasteiger partial charge in [-0.15, -0.1) is 0 Å². The summed E-state index contributed by atoms with van der Waals surface area (Å²) in [5, 5.41) is 0. The van der Waals surface area contributed by atoms with Crippen LogP contribution >= 0.6 is 0 Å². The fourth-order valence-corrected chi connectivity index (χ4v) is 1.74. The molecule has 0 N–H and O–H groups in total. The van der Waals surface area contributed by atoms with E-state index in [0.717, 1.165) is 12.8 Å². The van der Waals surface area contributed by atoms with Crippen LogP contribution in [0.15, 0.2) is 21.9 Å². The highest BCUT2D eigenvalue weighted by Gasteiger charge is 2.04. The molecule has 0 spiro atoms. The van der Waals surface area contributed by atoms with Crippen molar-refractivity contribution in [1.82, 2.24) is 9.13 Å². The maximum atomic E-state index is 12.0. The molecule has 0 radical (unpaired) electrons. The van der Waals surface area contributed by atoms with Crippen LogP contribution in [0.4, 0.5) is 0 Å². The molecule has 0 bridgehead atoms. The van der Waals surface area contributed by atoms with Gasteiger partial charge < -0.3 is 14.0 Å². The molecule has 6 heteroatoms. The molecular formula is C13H22N2O4. The monoisotopic (exact) mass is 270 g/mol. The molecule has 0 aliphatic carbocycles. The van der Waals surface area contributed by atoms with Gasteiger partial charge in [0.2, 0.25) is 0 Å². The molecule has 1 aromatic rings. The lowest BCUT2D eigenvalue weighted by molar-refractivity contribution is 0.0964. The van der Waals surface area contributed by atoms with Crippen LogP contribution in [0.2, 0.25) is 0 Å². The average Bonchev–Trinajstić information content (AvgIpc) is 2.40.